The smallest absolute Gasteiger partial charge is 0.257 e. The maximum absolute atomic E-state index is 13.3. The number of carbonyl (C=O) groups is 3. The Morgan fingerprint density at radius 3 is 2.60 bits per heavy atom. The van der Waals surface area contributed by atoms with Crippen LogP contribution in [0.25, 0.3) is 0 Å². The lowest BCUT2D eigenvalue weighted by atomic mass is 9.97. The van der Waals surface area contributed by atoms with Crippen LogP contribution >= 0.6 is 0 Å². The summed E-state index contributed by atoms with van der Waals surface area (Å²) >= 11 is 0. The molecule has 2 heterocycles. The summed E-state index contributed by atoms with van der Waals surface area (Å²) in [5.41, 5.74) is 0.646. The van der Waals surface area contributed by atoms with Crippen LogP contribution in [0, 0.1) is 0 Å². The molecule has 1 saturated carbocycles. The second-order valence-electron chi connectivity index (χ2n) is 9.36. The number of nitrogens with zero attached hydrogens (tertiary/aromatic N) is 3. The summed E-state index contributed by atoms with van der Waals surface area (Å²) in [4.78, 5) is 44.6. The van der Waals surface area contributed by atoms with Crippen molar-refractivity contribution in [2.24, 2.45) is 0 Å². The van der Waals surface area contributed by atoms with Crippen molar-refractivity contribution in [3.05, 3.63) is 29.8 Å². The highest BCUT2D eigenvalue weighted by molar-refractivity contribution is 6.10. The van der Waals surface area contributed by atoms with Crippen LogP contribution in [0.1, 0.15) is 82.5 Å². The number of benzene rings is 1. The van der Waals surface area contributed by atoms with E-state index in [1.54, 1.807) is 11.0 Å². The lowest BCUT2D eigenvalue weighted by Crippen LogP contribution is -2.62. The van der Waals surface area contributed by atoms with Gasteiger partial charge in [-0.3, -0.25) is 19.3 Å². The fourth-order valence-electron chi connectivity index (χ4n) is 5.65. The van der Waals surface area contributed by atoms with E-state index in [2.05, 4.69) is 18.7 Å². The van der Waals surface area contributed by atoms with Gasteiger partial charge in [-0.1, -0.05) is 25.0 Å². The summed E-state index contributed by atoms with van der Waals surface area (Å²) < 4.78 is 0. The van der Waals surface area contributed by atoms with E-state index in [1.165, 1.54) is 12.8 Å². The number of amides is 3. The van der Waals surface area contributed by atoms with Crippen molar-refractivity contribution in [1.82, 2.24) is 9.80 Å². The topological polar surface area (TPSA) is 60.9 Å². The maximum atomic E-state index is 13.3. The average molecular weight is 412 g/mol. The minimum Gasteiger partial charge on any atom is -0.337 e. The molecule has 6 nitrogen and oxygen atoms in total. The standard InChI is InChI=1S/C24H33N3O3/c1-17(2)26(18-9-4-5-10-18)21(28)13-8-16-25-23(30)19-11-6-7-12-20(19)27-22(29)14-15-24(25,27)3/h6-7,11-12,17-18H,4-5,8-10,13-16H2,1-3H3. The number of fused-ring (bicyclic) bond motifs is 3. The molecule has 0 bridgehead atoms. The van der Waals surface area contributed by atoms with Gasteiger partial charge in [0, 0.05) is 31.5 Å². The predicted molar refractivity (Wildman–Crippen MR) is 116 cm³/mol. The van der Waals surface area contributed by atoms with E-state index in [1.807, 2.05) is 30.0 Å². The number of hydrogen-bond donors (Lipinski definition) is 0. The molecule has 30 heavy (non-hydrogen) atoms. The third-order valence-electron chi connectivity index (χ3n) is 7.08. The highest BCUT2D eigenvalue weighted by atomic mass is 16.2. The third kappa shape index (κ3) is 3.40. The number of rotatable bonds is 6. The van der Waals surface area contributed by atoms with E-state index in [0.717, 1.165) is 12.8 Å². The Hall–Kier alpha value is -2.37. The molecule has 1 aliphatic carbocycles. The van der Waals surface area contributed by atoms with E-state index in [4.69, 9.17) is 0 Å². The van der Waals surface area contributed by atoms with Gasteiger partial charge < -0.3 is 9.80 Å². The zero-order valence-corrected chi connectivity index (χ0v) is 18.4. The Kier molecular flexibility index (Phi) is 5.60. The Balaban J connectivity index is 1.48. The molecular weight excluding hydrogens is 378 g/mol. The molecule has 1 unspecified atom stereocenters. The molecule has 4 rings (SSSR count). The molecule has 0 aromatic heterocycles. The Morgan fingerprint density at radius 2 is 1.90 bits per heavy atom. The van der Waals surface area contributed by atoms with Gasteiger partial charge in [0.25, 0.3) is 5.91 Å². The van der Waals surface area contributed by atoms with Crippen LogP contribution in [-0.4, -0.2) is 51.8 Å². The monoisotopic (exact) mass is 411 g/mol. The summed E-state index contributed by atoms with van der Waals surface area (Å²) in [5, 5.41) is 0. The Bertz CT molecular complexity index is 846. The first-order valence-corrected chi connectivity index (χ1v) is 11.4. The first-order valence-electron chi connectivity index (χ1n) is 11.4. The quantitative estimate of drug-likeness (QED) is 0.712. The molecule has 2 aliphatic heterocycles. The van der Waals surface area contributed by atoms with Crippen molar-refractivity contribution in [3.8, 4) is 0 Å². The van der Waals surface area contributed by atoms with Gasteiger partial charge in [-0.15, -0.1) is 0 Å². The van der Waals surface area contributed by atoms with Crippen molar-refractivity contribution in [2.45, 2.75) is 89.9 Å². The maximum Gasteiger partial charge on any atom is 0.257 e. The molecule has 0 radical (unpaired) electrons. The van der Waals surface area contributed by atoms with Gasteiger partial charge in [-0.25, -0.2) is 0 Å². The highest BCUT2D eigenvalue weighted by Gasteiger charge is 2.52. The van der Waals surface area contributed by atoms with Crippen LogP contribution in [0.2, 0.25) is 0 Å². The molecular formula is C24H33N3O3. The molecule has 1 aromatic rings. The summed E-state index contributed by atoms with van der Waals surface area (Å²) in [6, 6.07) is 7.92. The summed E-state index contributed by atoms with van der Waals surface area (Å²) in [5.74, 6) is 0.208. The van der Waals surface area contributed by atoms with Gasteiger partial charge in [-0.05, 0) is 58.6 Å². The zero-order chi connectivity index (χ0) is 21.5. The van der Waals surface area contributed by atoms with Crippen LogP contribution < -0.4 is 4.90 Å². The molecule has 1 atom stereocenters. The van der Waals surface area contributed by atoms with Gasteiger partial charge in [-0.2, -0.15) is 0 Å². The van der Waals surface area contributed by atoms with Gasteiger partial charge in [0.2, 0.25) is 11.8 Å². The van der Waals surface area contributed by atoms with E-state index in [9.17, 15) is 14.4 Å². The van der Waals surface area contributed by atoms with E-state index < -0.39 is 5.66 Å². The van der Waals surface area contributed by atoms with Gasteiger partial charge in [0.15, 0.2) is 0 Å². The second-order valence-corrected chi connectivity index (χ2v) is 9.36. The normalized spacial score (nSPS) is 23.9. The molecule has 2 fully saturated rings. The summed E-state index contributed by atoms with van der Waals surface area (Å²) in [6.45, 7) is 6.64. The number of anilines is 1. The fourth-order valence-corrected chi connectivity index (χ4v) is 5.65. The lowest BCUT2D eigenvalue weighted by molar-refractivity contribution is -0.135. The summed E-state index contributed by atoms with van der Waals surface area (Å²) in [7, 11) is 0. The number of hydrogen-bond acceptors (Lipinski definition) is 3. The van der Waals surface area contributed by atoms with Crippen molar-refractivity contribution in [2.75, 3.05) is 11.4 Å². The minimum atomic E-state index is -0.644. The largest absolute Gasteiger partial charge is 0.337 e. The van der Waals surface area contributed by atoms with E-state index in [-0.39, 0.29) is 23.8 Å². The molecule has 3 amide bonds. The van der Waals surface area contributed by atoms with Gasteiger partial charge in [0.05, 0.1) is 11.3 Å². The first kappa shape index (κ1) is 20.9. The zero-order valence-electron chi connectivity index (χ0n) is 18.4. The van der Waals surface area contributed by atoms with Crippen molar-refractivity contribution >= 4 is 23.4 Å². The Morgan fingerprint density at radius 1 is 1.20 bits per heavy atom. The summed E-state index contributed by atoms with van der Waals surface area (Å²) in [6.07, 6.45) is 6.71. The molecule has 1 saturated heterocycles. The van der Waals surface area contributed by atoms with Crippen LogP contribution in [-0.2, 0) is 9.59 Å². The number of para-hydroxylation sites is 1. The predicted octanol–water partition coefficient (Wildman–Crippen LogP) is 3.95. The fraction of sp³-hybridized carbons (Fsp3) is 0.625. The van der Waals surface area contributed by atoms with Crippen molar-refractivity contribution in [1.29, 1.82) is 0 Å². The van der Waals surface area contributed by atoms with E-state index >= 15 is 0 Å². The SMILES string of the molecule is CC(C)N(C(=O)CCCN1C(=O)c2ccccc2N2C(=O)CCC12C)C1CCCC1. The molecule has 162 valence electrons. The first-order chi connectivity index (χ1) is 14.3. The van der Waals surface area contributed by atoms with Crippen LogP contribution in [0.3, 0.4) is 0 Å². The van der Waals surface area contributed by atoms with Crippen LogP contribution in [0.5, 0.6) is 0 Å². The average Bonchev–Trinajstić information content (AvgIpc) is 3.33. The molecule has 6 heteroatoms. The van der Waals surface area contributed by atoms with Crippen molar-refractivity contribution in [3.63, 3.8) is 0 Å². The van der Waals surface area contributed by atoms with E-state index in [0.29, 0.717) is 49.5 Å². The molecule has 3 aliphatic rings. The molecule has 0 spiro atoms. The van der Waals surface area contributed by atoms with Crippen LogP contribution in [0.15, 0.2) is 24.3 Å². The highest BCUT2D eigenvalue weighted by Crippen LogP contribution is 2.44. The van der Waals surface area contributed by atoms with Crippen LogP contribution in [0.4, 0.5) is 5.69 Å². The lowest BCUT2D eigenvalue weighted by Gasteiger charge is -2.48. The minimum absolute atomic E-state index is 0.0389. The third-order valence-corrected chi connectivity index (χ3v) is 7.08. The van der Waals surface area contributed by atoms with Gasteiger partial charge >= 0.3 is 0 Å². The van der Waals surface area contributed by atoms with Gasteiger partial charge in [0.1, 0.15) is 5.66 Å². The molecule has 1 aromatic carbocycles. The Labute approximate surface area is 179 Å². The number of carbonyl (C=O) groups excluding carboxylic acids is 3. The second kappa shape index (κ2) is 8.05. The molecule has 0 N–H and O–H groups in total. The van der Waals surface area contributed by atoms with Crippen molar-refractivity contribution < 1.29 is 14.4 Å².